The summed E-state index contributed by atoms with van der Waals surface area (Å²) in [6.45, 7) is 6.42. The fourth-order valence-corrected chi connectivity index (χ4v) is 2.61. The lowest BCUT2D eigenvalue weighted by molar-refractivity contribution is 0.214. The molecule has 0 aliphatic rings. The van der Waals surface area contributed by atoms with Crippen LogP contribution in [-0.4, -0.2) is 12.2 Å². The van der Waals surface area contributed by atoms with Gasteiger partial charge < -0.3 is 9.84 Å². The molecule has 2 aromatic rings. The normalized spacial score (nSPS) is 12.5. The molecule has 0 radical (unpaired) electrons. The molecule has 0 spiro atoms. The Bertz CT molecular complexity index is 602. The lowest BCUT2D eigenvalue weighted by atomic mass is 9.95. The van der Waals surface area contributed by atoms with Crippen LogP contribution in [0.4, 0.5) is 0 Å². The number of methoxy groups -OCH3 is 1. The molecular formula is C19H24O2. The first kappa shape index (κ1) is 15.6. The molecule has 1 atom stereocenters. The van der Waals surface area contributed by atoms with Crippen molar-refractivity contribution in [3.8, 4) is 5.75 Å². The third kappa shape index (κ3) is 3.85. The number of ether oxygens (including phenoxy) is 1. The van der Waals surface area contributed by atoms with Crippen molar-refractivity contribution < 1.29 is 9.84 Å². The summed E-state index contributed by atoms with van der Waals surface area (Å²) in [5, 5.41) is 10.7. The summed E-state index contributed by atoms with van der Waals surface area (Å²) in [5.41, 5.74) is 4.10. The lowest BCUT2D eigenvalue weighted by Gasteiger charge is -2.17. The molecule has 2 aromatic carbocycles. The number of aliphatic hydroxyl groups excluding tert-OH is 1. The van der Waals surface area contributed by atoms with Gasteiger partial charge in [0.1, 0.15) is 11.9 Å². The summed E-state index contributed by atoms with van der Waals surface area (Å²) in [6, 6.07) is 14.1. The minimum atomic E-state index is -0.660. The molecule has 0 saturated heterocycles. The minimum absolute atomic E-state index is 0.603. The number of rotatable bonds is 5. The van der Waals surface area contributed by atoms with E-state index in [1.165, 1.54) is 5.56 Å². The predicted molar refractivity (Wildman–Crippen MR) is 86.8 cm³/mol. The molecular weight excluding hydrogens is 260 g/mol. The van der Waals surface area contributed by atoms with Crippen molar-refractivity contribution in [3.05, 3.63) is 64.7 Å². The van der Waals surface area contributed by atoms with Crippen LogP contribution >= 0.6 is 0 Å². The molecule has 1 N–H and O–H groups in total. The average Bonchev–Trinajstić information content (AvgIpc) is 2.46. The van der Waals surface area contributed by atoms with Gasteiger partial charge in [-0.2, -0.15) is 0 Å². The lowest BCUT2D eigenvalue weighted by Crippen LogP contribution is -2.04. The van der Waals surface area contributed by atoms with Crippen molar-refractivity contribution in [2.24, 2.45) is 5.92 Å². The third-order valence-corrected chi connectivity index (χ3v) is 3.59. The Balaban J connectivity index is 2.35. The van der Waals surface area contributed by atoms with Crippen LogP contribution in [0.5, 0.6) is 5.75 Å². The zero-order chi connectivity index (χ0) is 15.4. The van der Waals surface area contributed by atoms with E-state index in [1.54, 1.807) is 7.11 Å². The summed E-state index contributed by atoms with van der Waals surface area (Å²) < 4.78 is 5.38. The van der Waals surface area contributed by atoms with E-state index in [1.807, 2.05) is 37.3 Å². The average molecular weight is 284 g/mol. The van der Waals surface area contributed by atoms with Crippen LogP contribution < -0.4 is 4.74 Å². The van der Waals surface area contributed by atoms with Crippen molar-refractivity contribution in [2.75, 3.05) is 7.11 Å². The van der Waals surface area contributed by atoms with Gasteiger partial charge in [-0.1, -0.05) is 49.7 Å². The first-order valence-corrected chi connectivity index (χ1v) is 7.42. The van der Waals surface area contributed by atoms with Crippen LogP contribution in [0, 0.1) is 12.8 Å². The number of benzene rings is 2. The van der Waals surface area contributed by atoms with Crippen LogP contribution in [0.15, 0.2) is 42.5 Å². The largest absolute Gasteiger partial charge is 0.496 e. The topological polar surface area (TPSA) is 29.5 Å². The molecule has 0 fully saturated rings. The third-order valence-electron chi connectivity index (χ3n) is 3.59. The maximum Gasteiger partial charge on any atom is 0.125 e. The first-order chi connectivity index (χ1) is 10.0. The second kappa shape index (κ2) is 6.77. The van der Waals surface area contributed by atoms with Crippen LogP contribution in [0.25, 0.3) is 0 Å². The highest BCUT2D eigenvalue weighted by molar-refractivity contribution is 5.43. The smallest absolute Gasteiger partial charge is 0.125 e. The first-order valence-electron chi connectivity index (χ1n) is 7.42. The van der Waals surface area contributed by atoms with Crippen molar-refractivity contribution in [1.82, 2.24) is 0 Å². The number of aryl methyl sites for hydroxylation is 1. The maximum absolute atomic E-state index is 10.7. The van der Waals surface area contributed by atoms with Crippen LogP contribution in [0.3, 0.4) is 0 Å². The molecule has 0 heterocycles. The van der Waals surface area contributed by atoms with Gasteiger partial charge in [0, 0.05) is 5.56 Å². The second-order valence-electron chi connectivity index (χ2n) is 5.99. The Kier molecular flexibility index (Phi) is 5.03. The summed E-state index contributed by atoms with van der Waals surface area (Å²) >= 11 is 0. The molecule has 0 saturated carbocycles. The molecule has 2 heteroatoms. The fourth-order valence-electron chi connectivity index (χ4n) is 2.61. The highest BCUT2D eigenvalue weighted by Crippen LogP contribution is 2.31. The van der Waals surface area contributed by atoms with Crippen molar-refractivity contribution >= 4 is 0 Å². The molecule has 0 aliphatic heterocycles. The number of hydrogen-bond acceptors (Lipinski definition) is 2. The SMILES string of the molecule is COc1ccc(C)cc1C(O)c1cccc(CC(C)C)c1. The molecule has 0 amide bonds. The van der Waals surface area contributed by atoms with E-state index in [9.17, 15) is 5.11 Å². The molecule has 2 nitrogen and oxygen atoms in total. The van der Waals surface area contributed by atoms with Gasteiger partial charge in [0.15, 0.2) is 0 Å². The molecule has 0 bridgehead atoms. The Morgan fingerprint density at radius 2 is 1.86 bits per heavy atom. The molecule has 112 valence electrons. The van der Waals surface area contributed by atoms with E-state index in [0.717, 1.165) is 28.9 Å². The predicted octanol–water partition coefficient (Wildman–Crippen LogP) is 4.28. The highest BCUT2D eigenvalue weighted by Gasteiger charge is 2.16. The van der Waals surface area contributed by atoms with E-state index >= 15 is 0 Å². The van der Waals surface area contributed by atoms with Crippen molar-refractivity contribution in [3.63, 3.8) is 0 Å². The summed E-state index contributed by atoms with van der Waals surface area (Å²) in [6.07, 6.45) is 0.359. The zero-order valence-corrected chi connectivity index (χ0v) is 13.3. The minimum Gasteiger partial charge on any atom is -0.496 e. The van der Waals surface area contributed by atoms with E-state index in [2.05, 4.69) is 26.0 Å². The van der Waals surface area contributed by atoms with Crippen molar-refractivity contribution in [1.29, 1.82) is 0 Å². The summed E-state index contributed by atoms with van der Waals surface area (Å²) in [4.78, 5) is 0. The number of aliphatic hydroxyl groups is 1. The van der Waals surface area contributed by atoms with Gasteiger partial charge in [0.05, 0.1) is 7.11 Å². The monoisotopic (exact) mass is 284 g/mol. The summed E-state index contributed by atoms with van der Waals surface area (Å²) in [5.74, 6) is 1.33. The van der Waals surface area contributed by atoms with Gasteiger partial charge in [0.25, 0.3) is 0 Å². The van der Waals surface area contributed by atoms with Crippen LogP contribution in [0.1, 0.15) is 42.2 Å². The summed E-state index contributed by atoms with van der Waals surface area (Å²) in [7, 11) is 1.63. The quantitative estimate of drug-likeness (QED) is 0.887. The highest BCUT2D eigenvalue weighted by atomic mass is 16.5. The van der Waals surface area contributed by atoms with E-state index in [0.29, 0.717) is 5.92 Å². The van der Waals surface area contributed by atoms with Gasteiger partial charge in [-0.25, -0.2) is 0 Å². The molecule has 0 aromatic heterocycles. The van der Waals surface area contributed by atoms with Crippen LogP contribution in [-0.2, 0) is 6.42 Å². The Labute approximate surface area is 127 Å². The van der Waals surface area contributed by atoms with Crippen molar-refractivity contribution in [2.45, 2.75) is 33.3 Å². The standard InChI is InChI=1S/C19H24O2/c1-13(2)10-15-6-5-7-16(12-15)19(20)17-11-14(3)8-9-18(17)21-4/h5-9,11-13,19-20H,10H2,1-4H3. The zero-order valence-electron chi connectivity index (χ0n) is 13.3. The molecule has 1 unspecified atom stereocenters. The van der Waals surface area contributed by atoms with E-state index in [4.69, 9.17) is 4.74 Å². The molecule has 21 heavy (non-hydrogen) atoms. The van der Waals surface area contributed by atoms with Crippen LogP contribution in [0.2, 0.25) is 0 Å². The molecule has 0 aliphatic carbocycles. The number of hydrogen-bond donors (Lipinski definition) is 1. The second-order valence-corrected chi connectivity index (χ2v) is 5.99. The Morgan fingerprint density at radius 1 is 1.10 bits per heavy atom. The van der Waals surface area contributed by atoms with Gasteiger partial charge in [0.2, 0.25) is 0 Å². The maximum atomic E-state index is 10.7. The Morgan fingerprint density at radius 3 is 2.52 bits per heavy atom. The Hall–Kier alpha value is -1.80. The van der Waals surface area contributed by atoms with E-state index < -0.39 is 6.10 Å². The van der Waals surface area contributed by atoms with Gasteiger partial charge in [-0.3, -0.25) is 0 Å². The van der Waals surface area contributed by atoms with Gasteiger partial charge in [-0.15, -0.1) is 0 Å². The van der Waals surface area contributed by atoms with Gasteiger partial charge >= 0.3 is 0 Å². The van der Waals surface area contributed by atoms with E-state index in [-0.39, 0.29) is 0 Å². The molecule has 2 rings (SSSR count). The fraction of sp³-hybridized carbons (Fsp3) is 0.368. The van der Waals surface area contributed by atoms with Gasteiger partial charge in [-0.05, 0) is 42.5 Å².